The zero-order chi connectivity index (χ0) is 19.5. The van der Waals surface area contributed by atoms with Gasteiger partial charge in [0, 0.05) is 22.2 Å². The van der Waals surface area contributed by atoms with Crippen molar-refractivity contribution >= 4 is 39.0 Å². The highest BCUT2D eigenvalue weighted by atomic mass is 32.1. The van der Waals surface area contributed by atoms with E-state index in [0.29, 0.717) is 10.1 Å². The number of nitrogens with one attached hydrogen (secondary N) is 1. The zero-order valence-electron chi connectivity index (χ0n) is 14.4. The van der Waals surface area contributed by atoms with E-state index in [4.69, 9.17) is 4.74 Å². The van der Waals surface area contributed by atoms with Crippen molar-refractivity contribution in [3.05, 3.63) is 39.3 Å². The number of nitro groups is 1. The van der Waals surface area contributed by atoms with Gasteiger partial charge in [0.15, 0.2) is 6.61 Å². The number of benzene rings is 1. The van der Waals surface area contributed by atoms with E-state index in [1.54, 1.807) is 26.8 Å². The quantitative estimate of drug-likeness (QED) is 0.470. The SMILES string of the molecule is CC(C)[C@@](C)(C#N)NC(=O)COC(=O)c1cc2cc([N+](=O)[O-])ccc2s1. The van der Waals surface area contributed by atoms with Gasteiger partial charge in [0.1, 0.15) is 10.4 Å². The van der Waals surface area contributed by atoms with Gasteiger partial charge in [-0.2, -0.15) is 5.26 Å². The van der Waals surface area contributed by atoms with Crippen LogP contribution < -0.4 is 5.32 Å². The van der Waals surface area contributed by atoms with E-state index in [2.05, 4.69) is 5.32 Å². The van der Waals surface area contributed by atoms with Crippen LogP contribution in [0.15, 0.2) is 24.3 Å². The molecule has 2 aromatic rings. The summed E-state index contributed by atoms with van der Waals surface area (Å²) in [4.78, 5) is 34.6. The lowest BCUT2D eigenvalue weighted by atomic mass is 9.90. The number of nitro benzene ring substituents is 1. The number of thiophene rings is 1. The maximum Gasteiger partial charge on any atom is 0.348 e. The third-order valence-corrected chi connectivity index (χ3v) is 5.13. The summed E-state index contributed by atoms with van der Waals surface area (Å²) in [6, 6.07) is 7.81. The maximum atomic E-state index is 12.1. The fraction of sp³-hybridized carbons (Fsp3) is 0.353. The number of hydrogen-bond acceptors (Lipinski definition) is 7. The number of nitrogens with zero attached hydrogens (tertiary/aromatic N) is 2. The Labute approximate surface area is 153 Å². The molecule has 2 rings (SSSR count). The molecule has 0 bridgehead atoms. The molecule has 136 valence electrons. The Morgan fingerprint density at radius 3 is 2.69 bits per heavy atom. The predicted molar refractivity (Wildman–Crippen MR) is 95.8 cm³/mol. The molecule has 1 atom stereocenters. The summed E-state index contributed by atoms with van der Waals surface area (Å²) in [5.74, 6) is -1.40. The lowest BCUT2D eigenvalue weighted by Gasteiger charge is -2.27. The van der Waals surface area contributed by atoms with Crippen LogP contribution in [0.4, 0.5) is 5.69 Å². The minimum Gasteiger partial charge on any atom is -0.451 e. The highest BCUT2D eigenvalue weighted by Gasteiger charge is 2.30. The van der Waals surface area contributed by atoms with Gasteiger partial charge in [-0.05, 0) is 25.0 Å². The average molecular weight is 375 g/mol. The van der Waals surface area contributed by atoms with Gasteiger partial charge in [0.05, 0.1) is 11.0 Å². The number of carbonyl (C=O) groups excluding carboxylic acids is 2. The van der Waals surface area contributed by atoms with E-state index in [1.807, 2.05) is 6.07 Å². The number of ether oxygens (including phenoxy) is 1. The molecule has 26 heavy (non-hydrogen) atoms. The molecule has 1 aromatic heterocycles. The van der Waals surface area contributed by atoms with Crippen LogP contribution in [0.3, 0.4) is 0 Å². The molecule has 0 aliphatic carbocycles. The van der Waals surface area contributed by atoms with Gasteiger partial charge in [-0.15, -0.1) is 11.3 Å². The van der Waals surface area contributed by atoms with Gasteiger partial charge >= 0.3 is 5.97 Å². The topological polar surface area (TPSA) is 122 Å². The number of esters is 1. The molecular formula is C17H17N3O5S. The fourth-order valence-electron chi connectivity index (χ4n) is 2.07. The number of rotatable bonds is 6. The van der Waals surface area contributed by atoms with Crippen molar-refractivity contribution in [3.63, 3.8) is 0 Å². The van der Waals surface area contributed by atoms with Crippen molar-refractivity contribution in [2.75, 3.05) is 6.61 Å². The zero-order valence-corrected chi connectivity index (χ0v) is 15.3. The van der Waals surface area contributed by atoms with Crippen LogP contribution in [-0.4, -0.2) is 28.9 Å². The Balaban J connectivity index is 2.04. The number of amides is 1. The Bertz CT molecular complexity index is 915. The second kappa shape index (κ2) is 7.49. The van der Waals surface area contributed by atoms with Crippen LogP contribution in [-0.2, 0) is 9.53 Å². The number of fused-ring (bicyclic) bond motifs is 1. The Hall–Kier alpha value is -2.99. The highest BCUT2D eigenvalue weighted by molar-refractivity contribution is 7.20. The van der Waals surface area contributed by atoms with Gasteiger partial charge in [-0.3, -0.25) is 14.9 Å². The molecule has 0 fully saturated rings. The summed E-state index contributed by atoms with van der Waals surface area (Å²) in [5, 5.41) is 23.1. The van der Waals surface area contributed by atoms with Gasteiger partial charge in [0.25, 0.3) is 11.6 Å². The minimum atomic E-state index is -1.06. The monoisotopic (exact) mass is 375 g/mol. The van der Waals surface area contributed by atoms with Crippen LogP contribution in [0.5, 0.6) is 0 Å². The van der Waals surface area contributed by atoms with Gasteiger partial charge in [0.2, 0.25) is 0 Å². The summed E-state index contributed by atoms with van der Waals surface area (Å²) >= 11 is 1.12. The van der Waals surface area contributed by atoms with Crippen LogP contribution in [0.25, 0.3) is 10.1 Å². The van der Waals surface area contributed by atoms with Crippen molar-refractivity contribution in [2.45, 2.75) is 26.3 Å². The van der Waals surface area contributed by atoms with Crippen molar-refractivity contribution in [2.24, 2.45) is 5.92 Å². The highest BCUT2D eigenvalue weighted by Crippen LogP contribution is 2.29. The number of carbonyl (C=O) groups is 2. The smallest absolute Gasteiger partial charge is 0.348 e. The normalized spacial score (nSPS) is 13.0. The molecule has 1 heterocycles. The molecule has 1 N–H and O–H groups in total. The lowest BCUT2D eigenvalue weighted by molar-refractivity contribution is -0.384. The molecule has 0 unspecified atom stereocenters. The summed E-state index contributed by atoms with van der Waals surface area (Å²) < 4.78 is 5.68. The first-order valence-corrected chi connectivity index (χ1v) is 8.55. The van der Waals surface area contributed by atoms with E-state index in [-0.39, 0.29) is 16.5 Å². The van der Waals surface area contributed by atoms with Crippen LogP contribution in [0.2, 0.25) is 0 Å². The molecule has 0 saturated carbocycles. The second-order valence-electron chi connectivity index (χ2n) is 6.18. The third kappa shape index (κ3) is 4.15. The van der Waals surface area contributed by atoms with E-state index in [1.165, 1.54) is 18.2 Å². The van der Waals surface area contributed by atoms with Crippen molar-refractivity contribution in [3.8, 4) is 6.07 Å². The van der Waals surface area contributed by atoms with E-state index >= 15 is 0 Å². The van der Waals surface area contributed by atoms with Crippen LogP contribution in [0, 0.1) is 27.4 Å². The molecule has 1 aromatic carbocycles. The molecule has 0 aliphatic heterocycles. The minimum absolute atomic E-state index is 0.0703. The molecule has 8 nitrogen and oxygen atoms in total. The molecular weight excluding hydrogens is 358 g/mol. The molecule has 0 aliphatic rings. The first kappa shape index (κ1) is 19.3. The van der Waals surface area contributed by atoms with Crippen molar-refractivity contribution in [1.82, 2.24) is 5.32 Å². The summed E-state index contributed by atoms with van der Waals surface area (Å²) in [7, 11) is 0. The van der Waals surface area contributed by atoms with Crippen molar-refractivity contribution in [1.29, 1.82) is 5.26 Å². The Morgan fingerprint density at radius 1 is 1.42 bits per heavy atom. The lowest BCUT2D eigenvalue weighted by Crippen LogP contribution is -2.50. The van der Waals surface area contributed by atoms with Gasteiger partial charge in [-0.1, -0.05) is 13.8 Å². The predicted octanol–water partition coefficient (Wildman–Crippen LogP) is 3.02. The van der Waals surface area contributed by atoms with Crippen LogP contribution in [0.1, 0.15) is 30.4 Å². The van der Waals surface area contributed by atoms with Gasteiger partial charge < -0.3 is 10.1 Å². The molecule has 1 amide bonds. The van der Waals surface area contributed by atoms with E-state index in [0.717, 1.165) is 11.3 Å². The fourth-order valence-corrected chi connectivity index (χ4v) is 3.01. The van der Waals surface area contributed by atoms with E-state index < -0.39 is 28.9 Å². The standard InChI is InChI=1S/C17H17N3O5S/c1-10(2)17(3,9-18)19-15(21)8-25-16(22)14-7-11-6-12(20(23)24)4-5-13(11)26-14/h4-7,10H,8H2,1-3H3,(H,19,21)/t17-/m1/s1. The number of non-ortho nitro benzene ring substituents is 1. The summed E-state index contributed by atoms with van der Waals surface area (Å²) in [6.07, 6.45) is 0. The number of hydrogen-bond donors (Lipinski definition) is 1. The Morgan fingerprint density at radius 2 is 2.12 bits per heavy atom. The molecule has 0 radical (unpaired) electrons. The second-order valence-corrected chi connectivity index (χ2v) is 7.27. The molecule has 0 spiro atoms. The number of nitriles is 1. The van der Waals surface area contributed by atoms with E-state index in [9.17, 15) is 25.0 Å². The molecule has 9 heteroatoms. The largest absolute Gasteiger partial charge is 0.451 e. The average Bonchev–Trinajstić information content (AvgIpc) is 3.02. The summed E-state index contributed by atoms with van der Waals surface area (Å²) in [5.41, 5.74) is -1.13. The maximum absolute atomic E-state index is 12.1. The van der Waals surface area contributed by atoms with Crippen LogP contribution >= 0.6 is 11.3 Å². The first-order valence-electron chi connectivity index (χ1n) is 7.73. The van der Waals surface area contributed by atoms with Gasteiger partial charge in [-0.25, -0.2) is 4.79 Å². The summed E-state index contributed by atoms with van der Waals surface area (Å²) in [6.45, 7) is 4.67. The van der Waals surface area contributed by atoms with Crippen molar-refractivity contribution < 1.29 is 19.2 Å². The molecule has 0 saturated heterocycles. The Kier molecular flexibility index (Phi) is 5.57. The third-order valence-electron chi connectivity index (χ3n) is 4.03. The first-order chi connectivity index (χ1) is 12.2.